The van der Waals surface area contributed by atoms with Crippen LogP contribution in [0.25, 0.3) is 0 Å². The Bertz CT molecular complexity index is 968. The zero-order valence-corrected chi connectivity index (χ0v) is 17.4. The summed E-state index contributed by atoms with van der Waals surface area (Å²) < 4.78 is 30.9. The molecule has 0 spiro atoms. The lowest BCUT2D eigenvalue weighted by Gasteiger charge is -2.31. The minimum Gasteiger partial charge on any atom is -0.473 e. The zero-order chi connectivity index (χ0) is 22.4. The molecule has 1 N–H and O–H groups in total. The van der Waals surface area contributed by atoms with E-state index in [1.165, 1.54) is 24.5 Å². The molecular formula is C22H24FN3O5. The maximum absolute atomic E-state index is 14.2. The van der Waals surface area contributed by atoms with Crippen molar-refractivity contribution in [1.29, 1.82) is 0 Å². The van der Waals surface area contributed by atoms with Gasteiger partial charge in [-0.2, -0.15) is 0 Å². The van der Waals surface area contributed by atoms with Crippen molar-refractivity contribution in [2.24, 2.45) is 0 Å². The first-order valence-electron chi connectivity index (χ1n) is 9.92. The summed E-state index contributed by atoms with van der Waals surface area (Å²) in [7, 11) is 0. The molecule has 1 fully saturated rings. The molecule has 0 atom stereocenters. The summed E-state index contributed by atoms with van der Waals surface area (Å²) in [6.45, 7) is 4.29. The summed E-state index contributed by atoms with van der Waals surface area (Å²) in [5.41, 5.74) is 0.576. The van der Waals surface area contributed by atoms with E-state index in [0.717, 1.165) is 0 Å². The van der Waals surface area contributed by atoms with Crippen molar-refractivity contribution < 1.29 is 28.5 Å². The first-order valence-corrected chi connectivity index (χ1v) is 9.92. The molecule has 9 heteroatoms. The van der Waals surface area contributed by atoms with Crippen molar-refractivity contribution in [1.82, 2.24) is 14.9 Å². The van der Waals surface area contributed by atoms with Gasteiger partial charge in [0.05, 0.1) is 12.7 Å². The van der Waals surface area contributed by atoms with Crippen LogP contribution < -0.4 is 9.47 Å². The van der Waals surface area contributed by atoms with Gasteiger partial charge in [-0.15, -0.1) is 6.42 Å². The Hall–Kier alpha value is -3.38. The van der Waals surface area contributed by atoms with E-state index >= 15 is 0 Å². The van der Waals surface area contributed by atoms with Crippen molar-refractivity contribution in [2.75, 3.05) is 13.1 Å². The highest BCUT2D eigenvalue weighted by atomic mass is 19.1. The van der Waals surface area contributed by atoms with Gasteiger partial charge in [-0.05, 0) is 31.5 Å². The van der Waals surface area contributed by atoms with Gasteiger partial charge in [0.25, 0.3) is 0 Å². The number of halogens is 1. The lowest BCUT2D eigenvalue weighted by atomic mass is 10.1. The number of benzene rings is 1. The van der Waals surface area contributed by atoms with Crippen molar-refractivity contribution in [3.63, 3.8) is 0 Å². The number of likely N-dealkylation sites (tertiary alicyclic amines) is 1. The number of ether oxygens (including phenoxy) is 3. The fourth-order valence-electron chi connectivity index (χ4n) is 3.06. The molecule has 8 nitrogen and oxygen atoms in total. The molecule has 1 aromatic heterocycles. The fraction of sp³-hybridized carbons (Fsp3) is 0.409. The third-order valence-corrected chi connectivity index (χ3v) is 4.62. The molecule has 0 radical (unpaired) electrons. The Morgan fingerprint density at radius 2 is 2.03 bits per heavy atom. The second kappa shape index (κ2) is 10.1. The third kappa shape index (κ3) is 5.61. The van der Waals surface area contributed by atoms with Gasteiger partial charge in [0.1, 0.15) is 18.0 Å². The summed E-state index contributed by atoms with van der Waals surface area (Å²) in [5.74, 6) is 1.84. The van der Waals surface area contributed by atoms with Gasteiger partial charge < -0.3 is 24.2 Å². The highest BCUT2D eigenvalue weighted by Gasteiger charge is 2.27. The second-order valence-corrected chi connectivity index (χ2v) is 7.27. The molecule has 1 aliphatic rings. The number of aliphatic hydroxyl groups excluding tert-OH is 1. The smallest absolute Gasteiger partial charge is 0.410 e. The Balaban J connectivity index is 1.68. The van der Waals surface area contributed by atoms with E-state index in [0.29, 0.717) is 31.5 Å². The zero-order valence-electron chi connectivity index (χ0n) is 17.4. The Labute approximate surface area is 180 Å². The van der Waals surface area contributed by atoms with Gasteiger partial charge in [0, 0.05) is 25.9 Å². The number of rotatable bonds is 6. The quantitative estimate of drug-likeness (QED) is 0.705. The second-order valence-electron chi connectivity index (χ2n) is 7.27. The maximum atomic E-state index is 14.2. The molecule has 1 aromatic carbocycles. The van der Waals surface area contributed by atoms with Crippen molar-refractivity contribution in [3.8, 4) is 29.9 Å². The molecular weight excluding hydrogens is 405 g/mol. The molecule has 31 heavy (non-hydrogen) atoms. The molecule has 0 saturated carbocycles. The normalized spacial score (nSPS) is 14.3. The van der Waals surface area contributed by atoms with Crippen LogP contribution in [0.1, 0.15) is 37.8 Å². The van der Waals surface area contributed by atoms with E-state index in [2.05, 4.69) is 15.9 Å². The Morgan fingerprint density at radius 1 is 1.32 bits per heavy atom. The lowest BCUT2D eigenvalue weighted by molar-refractivity contribution is 0.0506. The standard InChI is InChI=1S/C22H24FN3O5/c1-4-17-20(30-16-7-9-26(10-8-16)22(28)29-14(2)3)24-13-25-21(17)31-19-6-5-15(12-27)11-18(19)23/h1,5-6,11,13-14,16,27H,7-10,12H2,2-3H3. The van der Waals surface area contributed by atoms with Gasteiger partial charge in [-0.1, -0.05) is 12.0 Å². The van der Waals surface area contributed by atoms with Gasteiger partial charge in [-0.3, -0.25) is 0 Å². The van der Waals surface area contributed by atoms with Crippen LogP contribution in [0, 0.1) is 18.2 Å². The number of carbonyl (C=O) groups is 1. The van der Waals surface area contributed by atoms with E-state index < -0.39 is 5.82 Å². The van der Waals surface area contributed by atoms with Gasteiger partial charge >= 0.3 is 6.09 Å². The van der Waals surface area contributed by atoms with E-state index in [-0.39, 0.29) is 48.0 Å². The number of hydrogen-bond donors (Lipinski definition) is 1. The van der Waals surface area contributed by atoms with Crippen LogP contribution in [0.5, 0.6) is 17.5 Å². The number of piperidine rings is 1. The average molecular weight is 429 g/mol. The number of aromatic nitrogens is 2. The first-order chi connectivity index (χ1) is 14.9. The van der Waals surface area contributed by atoms with Crippen LogP contribution in [-0.2, 0) is 11.3 Å². The Kier molecular flexibility index (Phi) is 7.26. The molecule has 1 amide bonds. The molecule has 0 unspecified atom stereocenters. The number of hydrogen-bond acceptors (Lipinski definition) is 7. The molecule has 0 aliphatic carbocycles. The summed E-state index contributed by atoms with van der Waals surface area (Å²) in [6, 6.07) is 4.09. The number of nitrogens with zero attached hydrogens (tertiary/aromatic N) is 3. The maximum Gasteiger partial charge on any atom is 0.410 e. The van der Waals surface area contributed by atoms with Crippen LogP contribution in [0.2, 0.25) is 0 Å². The van der Waals surface area contributed by atoms with E-state index in [1.807, 2.05) is 0 Å². The van der Waals surface area contributed by atoms with Crippen LogP contribution in [-0.4, -0.2) is 51.4 Å². The summed E-state index contributed by atoms with van der Waals surface area (Å²) >= 11 is 0. The van der Waals surface area contributed by atoms with Crippen LogP contribution in [0.4, 0.5) is 9.18 Å². The predicted octanol–water partition coefficient (Wildman–Crippen LogP) is 3.27. The SMILES string of the molecule is C#Cc1c(Oc2ccc(CO)cc2F)ncnc1OC1CCN(C(=O)OC(C)C)CC1. The molecule has 1 aliphatic heterocycles. The fourth-order valence-corrected chi connectivity index (χ4v) is 3.06. The minimum atomic E-state index is -0.656. The average Bonchev–Trinajstić information content (AvgIpc) is 2.75. The van der Waals surface area contributed by atoms with E-state index in [1.54, 1.807) is 18.7 Å². The summed E-state index contributed by atoms with van der Waals surface area (Å²) in [4.78, 5) is 21.8. The van der Waals surface area contributed by atoms with Gasteiger partial charge in [0.15, 0.2) is 11.6 Å². The number of aliphatic hydroxyl groups is 1. The molecule has 0 bridgehead atoms. The highest BCUT2D eigenvalue weighted by Crippen LogP contribution is 2.31. The molecule has 164 valence electrons. The van der Waals surface area contributed by atoms with Crippen LogP contribution >= 0.6 is 0 Å². The molecule has 1 saturated heterocycles. The van der Waals surface area contributed by atoms with Gasteiger partial charge in [0.2, 0.25) is 11.8 Å². The van der Waals surface area contributed by atoms with Gasteiger partial charge in [-0.25, -0.2) is 19.2 Å². The van der Waals surface area contributed by atoms with Crippen LogP contribution in [0.15, 0.2) is 24.5 Å². The van der Waals surface area contributed by atoms with E-state index in [9.17, 15) is 9.18 Å². The monoisotopic (exact) mass is 429 g/mol. The largest absolute Gasteiger partial charge is 0.473 e. The van der Waals surface area contributed by atoms with Crippen molar-refractivity contribution in [2.45, 2.75) is 45.5 Å². The molecule has 2 heterocycles. The first kappa shape index (κ1) is 22.3. The predicted molar refractivity (Wildman–Crippen MR) is 109 cm³/mol. The Morgan fingerprint density at radius 3 is 2.65 bits per heavy atom. The molecule has 2 aromatic rings. The van der Waals surface area contributed by atoms with Crippen molar-refractivity contribution in [3.05, 3.63) is 41.5 Å². The molecule has 3 rings (SSSR count). The topological polar surface area (TPSA) is 94.0 Å². The summed E-state index contributed by atoms with van der Waals surface area (Å²) in [6.07, 6.45) is 7.27. The van der Waals surface area contributed by atoms with Crippen molar-refractivity contribution >= 4 is 6.09 Å². The number of amides is 1. The lowest BCUT2D eigenvalue weighted by Crippen LogP contribution is -2.42. The highest BCUT2D eigenvalue weighted by molar-refractivity contribution is 5.67. The number of terminal acetylenes is 1. The van der Waals surface area contributed by atoms with E-state index in [4.69, 9.17) is 25.7 Å². The minimum absolute atomic E-state index is 0.0129. The number of carbonyl (C=O) groups excluding carboxylic acids is 1. The summed E-state index contributed by atoms with van der Waals surface area (Å²) in [5, 5.41) is 9.10. The van der Waals surface area contributed by atoms with Crippen LogP contribution in [0.3, 0.4) is 0 Å². The third-order valence-electron chi connectivity index (χ3n) is 4.62.